The van der Waals surface area contributed by atoms with Gasteiger partial charge in [-0.3, -0.25) is 9.69 Å². The van der Waals surface area contributed by atoms with Gasteiger partial charge in [0.05, 0.1) is 65.8 Å². The predicted molar refractivity (Wildman–Crippen MR) is 176 cm³/mol. The number of carboxylic acid groups (broad SMARTS) is 1. The van der Waals surface area contributed by atoms with E-state index in [1.807, 2.05) is 0 Å². The summed E-state index contributed by atoms with van der Waals surface area (Å²) in [5.74, 6) is -1.18. The molecule has 2 atom stereocenters. The van der Waals surface area contributed by atoms with Gasteiger partial charge in [0.15, 0.2) is 0 Å². The second-order valence-electron chi connectivity index (χ2n) is 12.8. The van der Waals surface area contributed by atoms with Crippen molar-refractivity contribution in [2.24, 2.45) is 0 Å². The van der Waals surface area contributed by atoms with Crippen LogP contribution in [-0.2, 0) is 39.2 Å². The third kappa shape index (κ3) is 9.83. The Morgan fingerprint density at radius 3 is 2.15 bits per heavy atom. The van der Waals surface area contributed by atoms with Gasteiger partial charge in [-0.2, -0.15) is 39.5 Å². The van der Waals surface area contributed by atoms with Gasteiger partial charge in [-0.05, 0) is 73.2 Å². The molecule has 19 heteroatoms. The van der Waals surface area contributed by atoms with Crippen molar-refractivity contribution in [3.8, 4) is 0 Å². The average Bonchev–Trinajstić information content (AvgIpc) is 3.10. The van der Waals surface area contributed by atoms with Gasteiger partial charge in [0, 0.05) is 32.0 Å². The molecule has 0 aliphatic carbocycles. The number of nitrogens with one attached hydrogen (secondary N) is 1. The summed E-state index contributed by atoms with van der Waals surface area (Å²) in [5, 5.41) is 11.9. The Labute approximate surface area is 303 Å². The van der Waals surface area contributed by atoms with E-state index >= 15 is 0 Å². The van der Waals surface area contributed by atoms with Gasteiger partial charge in [-0.25, -0.2) is 14.8 Å². The zero-order valence-electron chi connectivity index (χ0n) is 28.7. The number of carboxylic acids is 1. The molecule has 0 radical (unpaired) electrons. The van der Waals surface area contributed by atoms with Gasteiger partial charge < -0.3 is 24.8 Å². The topological polar surface area (TPSA) is 117 Å². The molecule has 2 N–H and O–H groups in total. The number of aromatic nitrogens is 2. The molecular weight excluding hydrogens is 741 g/mol. The largest absolute Gasteiger partial charge is 0.481 e. The van der Waals surface area contributed by atoms with Crippen LogP contribution < -0.4 is 15.1 Å². The molecule has 1 saturated heterocycles. The first kappa shape index (κ1) is 40.4. The van der Waals surface area contributed by atoms with Crippen LogP contribution in [0.2, 0.25) is 0 Å². The highest BCUT2D eigenvalue weighted by Crippen LogP contribution is 2.43. The average molecular weight is 778 g/mol. The minimum absolute atomic E-state index is 0.0256. The van der Waals surface area contributed by atoms with Crippen LogP contribution in [0.3, 0.4) is 0 Å². The Morgan fingerprint density at radius 1 is 0.907 bits per heavy atom. The molecule has 10 nitrogen and oxygen atoms in total. The van der Waals surface area contributed by atoms with Gasteiger partial charge in [0.2, 0.25) is 5.95 Å². The molecule has 1 fully saturated rings. The lowest BCUT2D eigenvalue weighted by molar-refractivity contribution is -0.143. The fraction of sp³-hybridized carbons (Fsp3) is 0.486. The van der Waals surface area contributed by atoms with Crippen molar-refractivity contribution in [1.82, 2.24) is 9.97 Å². The number of anilines is 3. The minimum atomic E-state index is -5.08. The number of amides is 1. The molecule has 3 heterocycles. The van der Waals surface area contributed by atoms with Crippen molar-refractivity contribution in [2.75, 3.05) is 48.0 Å². The zero-order valence-corrected chi connectivity index (χ0v) is 28.7. The molecule has 1 amide bonds. The number of hydrogen-bond donors (Lipinski definition) is 2. The van der Waals surface area contributed by atoms with Crippen LogP contribution in [0.1, 0.15) is 78.6 Å². The van der Waals surface area contributed by atoms with E-state index in [9.17, 15) is 49.1 Å². The summed E-state index contributed by atoms with van der Waals surface area (Å²) in [7, 11) is 0. The van der Waals surface area contributed by atoms with Crippen molar-refractivity contribution in [2.45, 2.75) is 76.1 Å². The number of unbranched alkanes of at least 4 members (excludes halogenated alkanes) is 1. The standard InChI is InChI=1S/C35H36F9N5O5/c1-2-24-18-26(25-17-21(33(36,37)38)6-7-28(25)49(24)32(52)54-10-4-3-5-30(50)51)46-31-45-19-29(48-8-11-53-12-9-48)27(47-31)15-20-13-22(34(39,40)41)16-23(14-20)35(42,43)44/h6-7,13-14,16-17,19,24,26H,2-5,8-12,15,18H2,1H3,(H,50,51)(H,45,46,47)/t24-,26+/m1/s1. The fourth-order valence-electron chi connectivity index (χ4n) is 6.42. The summed E-state index contributed by atoms with van der Waals surface area (Å²) in [4.78, 5) is 36.0. The third-order valence-corrected chi connectivity index (χ3v) is 9.06. The van der Waals surface area contributed by atoms with Gasteiger partial charge in [0.25, 0.3) is 0 Å². The Morgan fingerprint density at radius 2 is 1.56 bits per heavy atom. The lowest BCUT2D eigenvalue weighted by Crippen LogP contribution is -2.46. The number of alkyl halides is 9. The molecule has 0 unspecified atom stereocenters. The van der Waals surface area contributed by atoms with E-state index in [1.54, 1.807) is 11.8 Å². The van der Waals surface area contributed by atoms with Crippen LogP contribution >= 0.6 is 0 Å². The summed E-state index contributed by atoms with van der Waals surface area (Å²) < 4.78 is 135. The van der Waals surface area contributed by atoms with Crippen LogP contribution in [0, 0.1) is 0 Å². The maximum absolute atomic E-state index is 13.9. The molecule has 0 saturated carbocycles. The highest BCUT2D eigenvalue weighted by Gasteiger charge is 2.40. The number of nitrogens with zero attached hydrogens (tertiary/aromatic N) is 4. The normalized spacial score (nSPS) is 18.0. The quantitative estimate of drug-likeness (QED) is 0.146. The molecule has 0 bridgehead atoms. The number of rotatable bonds is 11. The number of aliphatic carboxylic acids is 1. The molecule has 2 aliphatic rings. The minimum Gasteiger partial charge on any atom is -0.481 e. The van der Waals surface area contributed by atoms with E-state index in [1.165, 1.54) is 11.1 Å². The Bertz CT molecular complexity index is 1780. The summed E-state index contributed by atoms with van der Waals surface area (Å²) in [6.45, 7) is 2.82. The van der Waals surface area contributed by atoms with Crippen LogP contribution in [0.4, 0.5) is 61.6 Å². The maximum Gasteiger partial charge on any atom is 0.416 e. The second kappa shape index (κ2) is 16.3. The summed E-state index contributed by atoms with van der Waals surface area (Å²) in [6.07, 6.45) is -14.2. The third-order valence-electron chi connectivity index (χ3n) is 9.06. The van der Waals surface area contributed by atoms with Crippen molar-refractivity contribution in [3.05, 3.63) is 76.1 Å². The molecule has 3 aromatic rings. The molecule has 1 aromatic heterocycles. The van der Waals surface area contributed by atoms with Gasteiger partial charge >= 0.3 is 30.6 Å². The van der Waals surface area contributed by atoms with Crippen LogP contribution in [-0.4, -0.2) is 66.1 Å². The monoisotopic (exact) mass is 777 g/mol. The number of hydrogen-bond acceptors (Lipinski definition) is 8. The number of carbonyl (C=O) groups excluding carboxylic acids is 1. The molecule has 54 heavy (non-hydrogen) atoms. The van der Waals surface area contributed by atoms with Crippen molar-refractivity contribution >= 4 is 29.4 Å². The fourth-order valence-corrected chi connectivity index (χ4v) is 6.42. The lowest BCUT2D eigenvalue weighted by atomic mass is 9.89. The van der Waals surface area contributed by atoms with Crippen molar-refractivity contribution < 1.29 is 63.7 Å². The summed E-state index contributed by atoms with van der Waals surface area (Å²) in [5.41, 5.74) is -3.84. The Balaban J connectivity index is 1.52. The highest BCUT2D eigenvalue weighted by atomic mass is 19.4. The second-order valence-corrected chi connectivity index (χ2v) is 12.8. The molecule has 0 spiro atoms. The molecular formula is C35H36F9N5O5. The highest BCUT2D eigenvalue weighted by molar-refractivity contribution is 5.90. The van der Waals surface area contributed by atoms with Crippen LogP contribution in [0.15, 0.2) is 42.6 Å². The number of ether oxygens (including phenoxy) is 2. The number of halogens is 9. The van der Waals surface area contributed by atoms with E-state index in [0.29, 0.717) is 37.3 Å². The first-order valence-electron chi connectivity index (χ1n) is 17.0. The van der Waals surface area contributed by atoms with Gasteiger partial charge in [-0.1, -0.05) is 6.92 Å². The number of morpholine rings is 1. The molecule has 2 aliphatic heterocycles. The van der Waals surface area contributed by atoms with Gasteiger partial charge in [-0.15, -0.1) is 0 Å². The lowest BCUT2D eigenvalue weighted by Gasteiger charge is -2.40. The van der Waals surface area contributed by atoms with E-state index < -0.39 is 65.8 Å². The molecule has 5 rings (SSSR count). The number of benzene rings is 2. The van der Waals surface area contributed by atoms with E-state index in [-0.39, 0.29) is 80.0 Å². The zero-order chi connectivity index (χ0) is 39.4. The Hall–Kier alpha value is -4.81. The first-order valence-corrected chi connectivity index (χ1v) is 17.0. The van der Waals surface area contributed by atoms with Crippen molar-refractivity contribution in [3.63, 3.8) is 0 Å². The molecule has 2 aromatic carbocycles. The van der Waals surface area contributed by atoms with E-state index in [2.05, 4.69) is 15.3 Å². The van der Waals surface area contributed by atoms with E-state index in [0.717, 1.165) is 18.2 Å². The predicted octanol–water partition coefficient (Wildman–Crippen LogP) is 8.49. The smallest absolute Gasteiger partial charge is 0.416 e. The maximum atomic E-state index is 13.9. The number of carbonyl (C=O) groups is 2. The Kier molecular flexibility index (Phi) is 12.2. The summed E-state index contributed by atoms with van der Waals surface area (Å²) in [6, 6.07) is 2.51. The molecule has 294 valence electrons. The SMILES string of the molecule is CC[C@@H]1C[C@H](Nc2ncc(N3CCOCC3)c(Cc3cc(C(F)(F)F)cc(C(F)(F)F)c3)n2)c2cc(C(F)(F)F)ccc2N1C(=O)OCCCCC(=O)O. The van der Waals surface area contributed by atoms with Crippen LogP contribution in [0.5, 0.6) is 0 Å². The van der Waals surface area contributed by atoms with Crippen molar-refractivity contribution in [1.29, 1.82) is 0 Å². The number of fused-ring (bicyclic) bond motifs is 1. The first-order chi connectivity index (χ1) is 25.3. The van der Waals surface area contributed by atoms with Gasteiger partial charge in [0.1, 0.15) is 0 Å². The summed E-state index contributed by atoms with van der Waals surface area (Å²) >= 11 is 0. The van der Waals surface area contributed by atoms with E-state index in [4.69, 9.17) is 14.6 Å². The van der Waals surface area contributed by atoms with Crippen LogP contribution in [0.25, 0.3) is 0 Å².